The zero-order valence-electron chi connectivity index (χ0n) is 13.6. The first kappa shape index (κ1) is 15.1. The topological polar surface area (TPSA) is 46.9 Å². The molecule has 0 aliphatic heterocycles. The van der Waals surface area contributed by atoms with Crippen LogP contribution in [-0.4, -0.2) is 15.5 Å². The van der Waals surface area contributed by atoms with E-state index in [0.29, 0.717) is 11.3 Å². The number of carbonyl (C=O) groups is 1. The average molecular weight is 327 g/mol. The van der Waals surface area contributed by atoms with Crippen LogP contribution in [0.2, 0.25) is 0 Å². The van der Waals surface area contributed by atoms with Gasteiger partial charge in [0.1, 0.15) is 0 Å². The summed E-state index contributed by atoms with van der Waals surface area (Å²) in [6, 6.07) is 21.7. The molecule has 1 N–H and O–H groups in total. The number of hydrogen-bond acceptors (Lipinski definition) is 2. The van der Waals surface area contributed by atoms with Gasteiger partial charge in [0.2, 0.25) is 0 Å². The van der Waals surface area contributed by atoms with Gasteiger partial charge in [0.05, 0.1) is 11.9 Å². The molecule has 122 valence electrons. The fraction of sp³-hybridized carbons (Fsp3) is 0.0476. The standard InChI is InChI=1S/C21H17N3O/c25-21(23-19-7-4-11-22-14-19)18-9-8-17-10-12-24(20(17)13-18)15-16-5-2-1-3-6-16/h1-14H,15H2,(H,23,25). The van der Waals surface area contributed by atoms with Crippen LogP contribution in [0.15, 0.2) is 85.3 Å². The largest absolute Gasteiger partial charge is 0.343 e. The van der Waals surface area contributed by atoms with Crippen molar-refractivity contribution in [1.82, 2.24) is 9.55 Å². The van der Waals surface area contributed by atoms with E-state index in [1.807, 2.05) is 42.5 Å². The number of aromatic nitrogens is 2. The molecule has 0 fully saturated rings. The lowest BCUT2D eigenvalue weighted by molar-refractivity contribution is 0.102. The average Bonchev–Trinajstić information content (AvgIpc) is 3.05. The van der Waals surface area contributed by atoms with Crippen molar-refractivity contribution in [1.29, 1.82) is 0 Å². The van der Waals surface area contributed by atoms with Gasteiger partial charge in [-0.05, 0) is 41.3 Å². The Morgan fingerprint density at radius 2 is 1.88 bits per heavy atom. The summed E-state index contributed by atoms with van der Waals surface area (Å²) in [5.41, 5.74) is 3.59. The summed E-state index contributed by atoms with van der Waals surface area (Å²) in [4.78, 5) is 16.5. The molecule has 0 atom stereocenters. The Kier molecular flexibility index (Phi) is 4.01. The second-order valence-electron chi connectivity index (χ2n) is 5.90. The second kappa shape index (κ2) is 6.61. The van der Waals surface area contributed by atoms with Gasteiger partial charge in [-0.1, -0.05) is 36.4 Å². The molecular weight excluding hydrogens is 310 g/mol. The van der Waals surface area contributed by atoms with Crippen molar-refractivity contribution in [2.45, 2.75) is 6.54 Å². The van der Waals surface area contributed by atoms with E-state index in [1.54, 1.807) is 18.5 Å². The van der Waals surface area contributed by atoms with Gasteiger partial charge < -0.3 is 9.88 Å². The molecular formula is C21H17N3O. The number of rotatable bonds is 4. The molecule has 1 amide bonds. The minimum atomic E-state index is -0.137. The highest BCUT2D eigenvalue weighted by Crippen LogP contribution is 2.20. The highest BCUT2D eigenvalue weighted by Gasteiger charge is 2.09. The maximum Gasteiger partial charge on any atom is 0.255 e. The highest BCUT2D eigenvalue weighted by atomic mass is 16.1. The van der Waals surface area contributed by atoms with E-state index in [9.17, 15) is 4.79 Å². The maximum atomic E-state index is 12.5. The Hall–Kier alpha value is -3.40. The van der Waals surface area contributed by atoms with E-state index in [4.69, 9.17) is 0 Å². The smallest absolute Gasteiger partial charge is 0.255 e. The second-order valence-corrected chi connectivity index (χ2v) is 5.90. The van der Waals surface area contributed by atoms with Crippen LogP contribution in [0.3, 0.4) is 0 Å². The normalized spacial score (nSPS) is 10.7. The van der Waals surface area contributed by atoms with Gasteiger partial charge >= 0.3 is 0 Å². The van der Waals surface area contributed by atoms with Crippen LogP contribution in [-0.2, 0) is 6.54 Å². The Bertz CT molecular complexity index is 1010. The predicted octanol–water partition coefficient (Wildman–Crippen LogP) is 4.34. The van der Waals surface area contributed by atoms with Gasteiger partial charge in [-0.3, -0.25) is 9.78 Å². The van der Waals surface area contributed by atoms with E-state index in [-0.39, 0.29) is 5.91 Å². The third-order valence-electron chi connectivity index (χ3n) is 4.15. The van der Waals surface area contributed by atoms with Crippen molar-refractivity contribution >= 4 is 22.5 Å². The van der Waals surface area contributed by atoms with Gasteiger partial charge in [-0.2, -0.15) is 0 Å². The van der Waals surface area contributed by atoms with Crippen molar-refractivity contribution < 1.29 is 4.79 Å². The Morgan fingerprint density at radius 3 is 2.68 bits per heavy atom. The minimum Gasteiger partial charge on any atom is -0.343 e. The van der Waals surface area contributed by atoms with E-state index in [0.717, 1.165) is 17.4 Å². The van der Waals surface area contributed by atoms with E-state index in [2.05, 4.69) is 39.3 Å². The molecule has 4 rings (SSSR count). The number of fused-ring (bicyclic) bond motifs is 1. The van der Waals surface area contributed by atoms with Gasteiger partial charge in [0.15, 0.2) is 0 Å². The van der Waals surface area contributed by atoms with Crippen molar-refractivity contribution in [3.8, 4) is 0 Å². The molecule has 0 saturated carbocycles. The molecule has 4 nitrogen and oxygen atoms in total. The number of anilines is 1. The molecule has 0 aliphatic rings. The van der Waals surface area contributed by atoms with E-state index >= 15 is 0 Å². The van der Waals surface area contributed by atoms with Crippen molar-refractivity contribution in [2.75, 3.05) is 5.32 Å². The number of nitrogens with zero attached hydrogens (tertiary/aromatic N) is 2. The molecule has 0 bridgehead atoms. The molecule has 4 aromatic rings. The first-order valence-electron chi connectivity index (χ1n) is 8.14. The summed E-state index contributed by atoms with van der Waals surface area (Å²) in [7, 11) is 0. The third-order valence-corrected chi connectivity index (χ3v) is 4.15. The quantitative estimate of drug-likeness (QED) is 0.606. The van der Waals surface area contributed by atoms with Crippen molar-refractivity contribution in [3.05, 3.63) is 96.4 Å². The van der Waals surface area contributed by atoms with Crippen LogP contribution in [0.1, 0.15) is 15.9 Å². The molecule has 25 heavy (non-hydrogen) atoms. The minimum absolute atomic E-state index is 0.137. The predicted molar refractivity (Wildman–Crippen MR) is 99.7 cm³/mol. The lowest BCUT2D eigenvalue weighted by atomic mass is 10.1. The monoisotopic (exact) mass is 327 g/mol. The van der Waals surface area contributed by atoms with E-state index < -0.39 is 0 Å². The molecule has 0 saturated heterocycles. The van der Waals surface area contributed by atoms with Crippen LogP contribution >= 0.6 is 0 Å². The molecule has 4 heteroatoms. The summed E-state index contributed by atoms with van der Waals surface area (Å²) in [6.07, 6.45) is 5.37. The van der Waals surface area contributed by atoms with Crippen LogP contribution in [0, 0.1) is 0 Å². The lowest BCUT2D eigenvalue weighted by Crippen LogP contribution is -2.12. The van der Waals surface area contributed by atoms with Gasteiger partial charge in [-0.15, -0.1) is 0 Å². The van der Waals surface area contributed by atoms with Crippen LogP contribution in [0.4, 0.5) is 5.69 Å². The fourth-order valence-corrected chi connectivity index (χ4v) is 2.88. The highest BCUT2D eigenvalue weighted by molar-refractivity contribution is 6.06. The maximum absolute atomic E-state index is 12.5. The van der Waals surface area contributed by atoms with Gasteiger partial charge in [-0.25, -0.2) is 0 Å². The summed E-state index contributed by atoms with van der Waals surface area (Å²) in [5, 5.41) is 3.99. The number of nitrogens with one attached hydrogen (secondary N) is 1. The Labute approximate surface area is 145 Å². The summed E-state index contributed by atoms with van der Waals surface area (Å²) in [6.45, 7) is 0.776. The zero-order valence-corrected chi connectivity index (χ0v) is 13.6. The number of amides is 1. The summed E-state index contributed by atoms with van der Waals surface area (Å²) < 4.78 is 2.16. The van der Waals surface area contributed by atoms with Crippen LogP contribution in [0.5, 0.6) is 0 Å². The summed E-state index contributed by atoms with van der Waals surface area (Å²) in [5.74, 6) is -0.137. The fourth-order valence-electron chi connectivity index (χ4n) is 2.88. The third kappa shape index (κ3) is 3.28. The first-order chi connectivity index (χ1) is 12.3. The van der Waals surface area contributed by atoms with E-state index in [1.165, 1.54) is 5.56 Å². The molecule has 2 aromatic heterocycles. The molecule has 0 unspecified atom stereocenters. The van der Waals surface area contributed by atoms with Crippen molar-refractivity contribution in [3.63, 3.8) is 0 Å². The molecule has 2 heterocycles. The van der Waals surface area contributed by atoms with Gasteiger partial charge in [0.25, 0.3) is 5.91 Å². The lowest BCUT2D eigenvalue weighted by Gasteiger charge is -2.08. The van der Waals surface area contributed by atoms with Crippen LogP contribution in [0.25, 0.3) is 10.9 Å². The van der Waals surface area contributed by atoms with Crippen molar-refractivity contribution in [2.24, 2.45) is 0 Å². The SMILES string of the molecule is O=C(Nc1cccnc1)c1ccc2ccn(Cc3ccccc3)c2c1. The number of hydrogen-bond donors (Lipinski definition) is 1. The first-order valence-corrected chi connectivity index (χ1v) is 8.14. The Balaban J connectivity index is 1.63. The number of benzene rings is 2. The molecule has 2 aromatic carbocycles. The molecule has 0 aliphatic carbocycles. The summed E-state index contributed by atoms with van der Waals surface area (Å²) >= 11 is 0. The number of carbonyl (C=O) groups excluding carboxylic acids is 1. The molecule has 0 spiro atoms. The Morgan fingerprint density at radius 1 is 1.00 bits per heavy atom. The number of pyridine rings is 1. The van der Waals surface area contributed by atoms with Crippen LogP contribution < -0.4 is 5.32 Å². The molecule has 0 radical (unpaired) electrons. The van der Waals surface area contributed by atoms with Gasteiger partial charge in [0, 0.05) is 30.0 Å². The zero-order chi connectivity index (χ0) is 17.1.